The quantitative estimate of drug-likeness (QED) is 0.532. The predicted molar refractivity (Wildman–Crippen MR) is 69.4 cm³/mol. The molecule has 0 nitrogen and oxygen atoms in total. The van der Waals surface area contributed by atoms with E-state index in [0.717, 1.165) is 0 Å². The molecule has 0 amide bonds. The van der Waals surface area contributed by atoms with E-state index in [2.05, 4.69) is 27.7 Å². The second kappa shape index (κ2) is 2.96. The molecule has 0 spiro atoms. The molecule has 0 atom stereocenters. The molecule has 15 heavy (non-hydrogen) atoms. The molecule has 0 N–H and O–H groups in total. The van der Waals surface area contributed by atoms with Gasteiger partial charge in [0.25, 0.3) is 0 Å². The molecule has 2 aromatic heterocycles. The van der Waals surface area contributed by atoms with Gasteiger partial charge in [-0.25, -0.2) is 0 Å². The summed E-state index contributed by atoms with van der Waals surface area (Å²) >= 11 is 3.96. The summed E-state index contributed by atoms with van der Waals surface area (Å²) in [6, 6.07) is 0. The Kier molecular flexibility index (Phi) is 1.89. The third-order valence-electron chi connectivity index (χ3n) is 3.58. The molecule has 2 heterocycles. The maximum absolute atomic E-state index is 2.27. The highest BCUT2D eigenvalue weighted by molar-refractivity contribution is 7.22. The van der Waals surface area contributed by atoms with E-state index in [9.17, 15) is 0 Å². The molecular weight excluding hydrogens is 220 g/mol. The monoisotopic (exact) mass is 234 g/mol. The molecule has 0 bridgehead atoms. The van der Waals surface area contributed by atoms with Gasteiger partial charge in [-0.05, 0) is 49.9 Å². The molecule has 0 unspecified atom stereocenters. The van der Waals surface area contributed by atoms with Crippen LogP contribution < -0.4 is 0 Å². The van der Waals surface area contributed by atoms with Crippen LogP contribution in [-0.4, -0.2) is 0 Å². The van der Waals surface area contributed by atoms with Crippen LogP contribution in [0.2, 0.25) is 0 Å². The lowest BCUT2D eigenvalue weighted by Crippen LogP contribution is -1.85. The fourth-order valence-corrected chi connectivity index (χ4v) is 4.86. The van der Waals surface area contributed by atoms with E-state index in [0.29, 0.717) is 0 Å². The van der Waals surface area contributed by atoms with Gasteiger partial charge in [-0.1, -0.05) is 0 Å². The summed E-state index contributed by atoms with van der Waals surface area (Å²) in [6.07, 6.45) is 1.18. The maximum Gasteiger partial charge on any atom is 0.0486 e. The summed E-state index contributed by atoms with van der Waals surface area (Å²) < 4.78 is 0. The Bertz CT molecular complexity index is 505. The number of thiophene rings is 2. The number of aryl methyl sites for hydroxylation is 2. The smallest absolute Gasteiger partial charge is 0.0486 e. The van der Waals surface area contributed by atoms with Crippen molar-refractivity contribution in [3.8, 4) is 9.75 Å². The largest absolute Gasteiger partial charge is 0.139 e. The first-order chi connectivity index (χ1) is 7.09. The summed E-state index contributed by atoms with van der Waals surface area (Å²) in [5.41, 5.74) is 6.25. The Balaban J connectivity index is 2.30. The molecule has 0 aliphatic heterocycles. The minimum atomic E-state index is 1.18. The third-order valence-corrected chi connectivity index (χ3v) is 6.24. The topological polar surface area (TPSA) is 0 Å². The fourth-order valence-electron chi connectivity index (χ4n) is 2.32. The molecule has 0 saturated carbocycles. The summed E-state index contributed by atoms with van der Waals surface area (Å²) in [7, 11) is 0. The first-order valence-electron chi connectivity index (χ1n) is 5.27. The van der Waals surface area contributed by atoms with Crippen LogP contribution in [-0.2, 0) is 6.42 Å². The lowest BCUT2D eigenvalue weighted by Gasteiger charge is -1.97. The van der Waals surface area contributed by atoms with Gasteiger partial charge in [-0.3, -0.25) is 0 Å². The van der Waals surface area contributed by atoms with Crippen molar-refractivity contribution in [1.29, 1.82) is 0 Å². The van der Waals surface area contributed by atoms with Crippen molar-refractivity contribution in [1.82, 2.24) is 0 Å². The molecule has 2 aromatic rings. The molecule has 2 heteroatoms. The van der Waals surface area contributed by atoms with E-state index in [1.54, 1.807) is 20.9 Å². The molecule has 1 aliphatic rings. The number of hydrogen-bond donors (Lipinski definition) is 0. The minimum Gasteiger partial charge on any atom is -0.139 e. The fraction of sp³-hybridized carbons (Fsp3) is 0.385. The van der Waals surface area contributed by atoms with E-state index >= 15 is 0 Å². The Hall–Kier alpha value is -0.600. The highest BCUT2D eigenvalue weighted by Gasteiger charge is 2.27. The van der Waals surface area contributed by atoms with Crippen LogP contribution in [0.25, 0.3) is 9.75 Å². The molecule has 0 aromatic carbocycles. The van der Waals surface area contributed by atoms with Crippen molar-refractivity contribution in [2.24, 2.45) is 0 Å². The number of rotatable bonds is 0. The summed E-state index contributed by atoms with van der Waals surface area (Å²) in [5, 5.41) is 0. The minimum absolute atomic E-state index is 1.18. The van der Waals surface area contributed by atoms with E-state index in [1.165, 1.54) is 27.3 Å². The second-order valence-electron chi connectivity index (χ2n) is 4.36. The zero-order chi connectivity index (χ0) is 10.7. The Morgan fingerprint density at radius 3 is 1.53 bits per heavy atom. The van der Waals surface area contributed by atoms with E-state index < -0.39 is 0 Å². The Labute approximate surface area is 98.6 Å². The molecular formula is C13H14S2. The third kappa shape index (κ3) is 1.12. The van der Waals surface area contributed by atoms with Crippen molar-refractivity contribution < 1.29 is 0 Å². The normalized spacial score (nSPS) is 13.1. The van der Waals surface area contributed by atoms with E-state index in [-0.39, 0.29) is 0 Å². The lowest BCUT2D eigenvalue weighted by molar-refractivity contribution is 1.19. The van der Waals surface area contributed by atoms with Gasteiger partial charge in [0.15, 0.2) is 0 Å². The average Bonchev–Trinajstić information content (AvgIpc) is 2.75. The van der Waals surface area contributed by atoms with E-state index in [1.807, 2.05) is 22.7 Å². The van der Waals surface area contributed by atoms with Gasteiger partial charge in [-0.15, -0.1) is 22.7 Å². The van der Waals surface area contributed by atoms with Crippen LogP contribution in [0.5, 0.6) is 0 Å². The van der Waals surface area contributed by atoms with Crippen molar-refractivity contribution in [2.45, 2.75) is 34.1 Å². The van der Waals surface area contributed by atoms with E-state index in [4.69, 9.17) is 0 Å². The van der Waals surface area contributed by atoms with Gasteiger partial charge in [0.05, 0.1) is 0 Å². The SMILES string of the molecule is Cc1sc2c(c1C)Cc1c-2sc(C)c1C. The summed E-state index contributed by atoms with van der Waals surface area (Å²) in [4.78, 5) is 6.10. The van der Waals surface area contributed by atoms with Crippen LogP contribution in [0.4, 0.5) is 0 Å². The molecule has 0 fully saturated rings. The van der Waals surface area contributed by atoms with Crippen LogP contribution in [0.1, 0.15) is 32.0 Å². The standard InChI is InChI=1S/C13H14S2/c1-6-8(3)14-12-10(6)5-11-7(2)9(4)15-13(11)12/h5H2,1-4H3. The highest BCUT2D eigenvalue weighted by Crippen LogP contribution is 2.49. The number of hydrogen-bond acceptors (Lipinski definition) is 2. The van der Waals surface area contributed by atoms with Gasteiger partial charge in [-0.2, -0.15) is 0 Å². The van der Waals surface area contributed by atoms with Gasteiger partial charge in [0.2, 0.25) is 0 Å². The van der Waals surface area contributed by atoms with Crippen molar-refractivity contribution in [2.75, 3.05) is 0 Å². The van der Waals surface area contributed by atoms with Crippen molar-refractivity contribution in [3.63, 3.8) is 0 Å². The second-order valence-corrected chi connectivity index (χ2v) is 6.81. The van der Waals surface area contributed by atoms with Crippen molar-refractivity contribution in [3.05, 3.63) is 32.0 Å². The number of fused-ring (bicyclic) bond motifs is 3. The molecule has 1 aliphatic carbocycles. The Morgan fingerprint density at radius 2 is 1.13 bits per heavy atom. The molecule has 0 radical (unpaired) electrons. The summed E-state index contributed by atoms with van der Waals surface area (Å²) in [6.45, 7) is 9.02. The first-order valence-corrected chi connectivity index (χ1v) is 6.91. The molecule has 0 saturated heterocycles. The van der Waals surface area contributed by atoms with Crippen molar-refractivity contribution >= 4 is 22.7 Å². The van der Waals surface area contributed by atoms with Gasteiger partial charge in [0.1, 0.15) is 0 Å². The van der Waals surface area contributed by atoms with Crippen LogP contribution >= 0.6 is 22.7 Å². The predicted octanol–water partition coefficient (Wildman–Crippen LogP) is 4.61. The Morgan fingerprint density at radius 1 is 0.733 bits per heavy atom. The van der Waals surface area contributed by atoms with Gasteiger partial charge in [0, 0.05) is 25.9 Å². The van der Waals surface area contributed by atoms with Crippen LogP contribution in [0, 0.1) is 27.7 Å². The molecule has 3 rings (SSSR count). The highest BCUT2D eigenvalue weighted by atomic mass is 32.1. The zero-order valence-corrected chi connectivity index (χ0v) is 11.2. The lowest BCUT2D eigenvalue weighted by atomic mass is 10.1. The van der Waals surface area contributed by atoms with Gasteiger partial charge >= 0.3 is 0 Å². The van der Waals surface area contributed by atoms with Crippen LogP contribution in [0.15, 0.2) is 0 Å². The van der Waals surface area contributed by atoms with Gasteiger partial charge < -0.3 is 0 Å². The first kappa shape index (κ1) is 9.61. The van der Waals surface area contributed by atoms with Crippen LogP contribution in [0.3, 0.4) is 0 Å². The summed E-state index contributed by atoms with van der Waals surface area (Å²) in [5.74, 6) is 0. The molecule has 78 valence electrons. The maximum atomic E-state index is 2.27. The zero-order valence-electron chi connectivity index (χ0n) is 9.52. The average molecular weight is 234 g/mol.